The summed E-state index contributed by atoms with van der Waals surface area (Å²) in [5.41, 5.74) is 0.0281. The molecule has 0 fully saturated rings. The second-order valence-electron chi connectivity index (χ2n) is 9.08. The molecule has 0 spiro atoms. The number of rotatable bonds is 12. The van der Waals surface area contributed by atoms with Gasteiger partial charge in [-0.25, -0.2) is 0 Å². The first-order valence-corrected chi connectivity index (χ1v) is 12.6. The molecule has 0 radical (unpaired) electrons. The van der Waals surface area contributed by atoms with Gasteiger partial charge in [0.15, 0.2) is 0 Å². The molecule has 0 saturated carbocycles. The highest BCUT2D eigenvalue weighted by Gasteiger charge is 2.07. The lowest BCUT2D eigenvalue weighted by Gasteiger charge is -2.20. The lowest BCUT2D eigenvalue weighted by atomic mass is 9.98. The maximum Gasteiger partial charge on any atom is 0.230 e. The minimum atomic E-state index is 0.0281. The molecule has 0 heterocycles. The number of hydrogen-bond acceptors (Lipinski definition) is 3. The van der Waals surface area contributed by atoms with E-state index in [9.17, 15) is 4.79 Å². The highest BCUT2D eigenvalue weighted by molar-refractivity contribution is 8.00. The van der Waals surface area contributed by atoms with Gasteiger partial charge in [-0.05, 0) is 62.7 Å². The summed E-state index contributed by atoms with van der Waals surface area (Å²) in [5, 5.41) is 5.51. The molecule has 0 unspecified atom stereocenters. The van der Waals surface area contributed by atoms with Crippen molar-refractivity contribution in [2.75, 3.05) is 31.9 Å². The molecule has 0 aliphatic carbocycles. The van der Waals surface area contributed by atoms with Gasteiger partial charge in [0.1, 0.15) is 0 Å². The predicted octanol–water partition coefficient (Wildman–Crippen LogP) is 6.15. The number of nitrogens with one attached hydrogen (secondary N) is 1. The Balaban J connectivity index is 1.75. The van der Waals surface area contributed by atoms with Crippen molar-refractivity contribution in [3.63, 3.8) is 0 Å². The molecule has 0 bridgehead atoms. The summed E-state index contributed by atoms with van der Waals surface area (Å²) in [6.45, 7) is 12.0. The average Bonchev–Trinajstić information content (AvgIpc) is 2.76. The van der Waals surface area contributed by atoms with Crippen LogP contribution < -0.4 is 5.32 Å². The van der Waals surface area contributed by atoms with Crippen LogP contribution in [-0.2, 0) is 4.79 Å². The maximum absolute atomic E-state index is 12.3. The van der Waals surface area contributed by atoms with E-state index in [1.807, 2.05) is 18.2 Å². The molecule has 2 rings (SSSR count). The quantitative estimate of drug-likeness (QED) is 0.239. The van der Waals surface area contributed by atoms with Crippen LogP contribution in [0.15, 0.2) is 59.5 Å². The number of nitrogens with zero attached hydrogens (tertiary/aromatic N) is 1. The van der Waals surface area contributed by atoms with E-state index in [0.717, 1.165) is 24.5 Å². The lowest BCUT2D eigenvalue weighted by Crippen LogP contribution is -2.36. The minimum absolute atomic E-state index is 0.0281. The van der Waals surface area contributed by atoms with Crippen LogP contribution >= 0.6 is 11.8 Å². The Kier molecular flexibility index (Phi) is 11.4. The van der Waals surface area contributed by atoms with E-state index in [-0.39, 0.29) is 11.3 Å². The largest absolute Gasteiger partial charge is 0.354 e. The Morgan fingerprint density at radius 3 is 2.62 bits per heavy atom. The van der Waals surface area contributed by atoms with Crippen LogP contribution in [0.4, 0.5) is 0 Å². The molecule has 2 aromatic rings. The summed E-state index contributed by atoms with van der Waals surface area (Å²) >= 11 is 1.59. The number of benzene rings is 2. The first-order chi connectivity index (χ1) is 15.4. The van der Waals surface area contributed by atoms with Gasteiger partial charge in [0, 0.05) is 29.9 Å². The maximum atomic E-state index is 12.3. The van der Waals surface area contributed by atoms with Crippen LogP contribution in [0.25, 0.3) is 10.8 Å². The Bertz CT molecular complexity index is 934. The molecule has 2 aromatic carbocycles. The molecule has 0 aliphatic rings. The molecule has 0 aromatic heterocycles. The number of fused-ring (bicyclic) bond motifs is 1. The van der Waals surface area contributed by atoms with Gasteiger partial charge in [-0.2, -0.15) is 0 Å². The van der Waals surface area contributed by atoms with E-state index < -0.39 is 0 Å². The highest BCUT2D eigenvalue weighted by atomic mass is 32.2. The second kappa shape index (κ2) is 14.0. The molecule has 0 atom stereocenters. The van der Waals surface area contributed by atoms with Gasteiger partial charge < -0.3 is 5.32 Å². The van der Waals surface area contributed by atoms with Crippen molar-refractivity contribution < 1.29 is 4.79 Å². The van der Waals surface area contributed by atoms with Crippen molar-refractivity contribution >= 4 is 28.4 Å². The molecule has 0 saturated heterocycles. The zero-order valence-corrected chi connectivity index (χ0v) is 20.9. The molecular weight excluding hydrogens is 412 g/mol. The van der Waals surface area contributed by atoms with Gasteiger partial charge in [0.25, 0.3) is 0 Å². The molecule has 1 N–H and O–H groups in total. The van der Waals surface area contributed by atoms with E-state index >= 15 is 0 Å². The summed E-state index contributed by atoms with van der Waals surface area (Å²) in [7, 11) is 0. The number of unbranched alkanes of at least 4 members (excludes halogenated alkanes) is 2. The SMILES string of the molecule is CCCCCN(C/C=C\C#CC(C)(C)C)CCNC(=O)CSc1ccc2ccccc2c1. The van der Waals surface area contributed by atoms with Crippen LogP contribution in [0.3, 0.4) is 0 Å². The number of carbonyl (C=O) groups excluding carboxylic acids is 1. The monoisotopic (exact) mass is 450 g/mol. The summed E-state index contributed by atoms with van der Waals surface area (Å²) in [4.78, 5) is 15.8. The first-order valence-electron chi connectivity index (χ1n) is 11.7. The molecule has 3 nitrogen and oxygen atoms in total. The van der Waals surface area contributed by atoms with Gasteiger partial charge in [0.2, 0.25) is 5.91 Å². The van der Waals surface area contributed by atoms with E-state index in [1.165, 1.54) is 30.0 Å². The summed E-state index contributed by atoms with van der Waals surface area (Å²) in [6.07, 6.45) is 7.71. The lowest BCUT2D eigenvalue weighted by molar-refractivity contribution is -0.118. The molecule has 4 heteroatoms. The zero-order valence-electron chi connectivity index (χ0n) is 20.1. The normalized spacial score (nSPS) is 11.7. The number of hydrogen-bond donors (Lipinski definition) is 1. The molecule has 1 amide bonds. The third-order valence-corrected chi connectivity index (χ3v) is 5.92. The van der Waals surface area contributed by atoms with E-state index in [4.69, 9.17) is 0 Å². The number of thioether (sulfide) groups is 1. The highest BCUT2D eigenvalue weighted by Crippen LogP contribution is 2.23. The smallest absolute Gasteiger partial charge is 0.230 e. The molecule has 32 heavy (non-hydrogen) atoms. The van der Waals surface area contributed by atoms with Crippen molar-refractivity contribution in [1.29, 1.82) is 0 Å². The van der Waals surface area contributed by atoms with Crippen molar-refractivity contribution in [3.8, 4) is 11.8 Å². The summed E-state index contributed by atoms with van der Waals surface area (Å²) < 4.78 is 0. The van der Waals surface area contributed by atoms with Crippen LogP contribution in [0.2, 0.25) is 0 Å². The summed E-state index contributed by atoms with van der Waals surface area (Å²) in [5.74, 6) is 6.89. The van der Waals surface area contributed by atoms with Gasteiger partial charge in [-0.15, -0.1) is 11.8 Å². The van der Waals surface area contributed by atoms with Crippen molar-refractivity contribution in [1.82, 2.24) is 10.2 Å². The van der Waals surface area contributed by atoms with E-state index in [1.54, 1.807) is 11.8 Å². The fourth-order valence-electron chi connectivity index (χ4n) is 3.21. The van der Waals surface area contributed by atoms with Crippen molar-refractivity contribution in [2.24, 2.45) is 5.41 Å². The van der Waals surface area contributed by atoms with Crippen molar-refractivity contribution in [3.05, 3.63) is 54.6 Å². The second-order valence-corrected chi connectivity index (χ2v) is 10.1. The van der Waals surface area contributed by atoms with E-state index in [2.05, 4.69) is 86.2 Å². The molecule has 172 valence electrons. The average molecular weight is 451 g/mol. The number of carbonyl (C=O) groups is 1. The topological polar surface area (TPSA) is 32.3 Å². The van der Waals surface area contributed by atoms with Gasteiger partial charge in [0.05, 0.1) is 5.75 Å². The van der Waals surface area contributed by atoms with Gasteiger partial charge in [-0.1, -0.05) is 68.0 Å². The van der Waals surface area contributed by atoms with Crippen LogP contribution in [-0.4, -0.2) is 42.7 Å². The Morgan fingerprint density at radius 2 is 1.88 bits per heavy atom. The Hall–Kier alpha value is -2.22. The third kappa shape index (κ3) is 10.9. The number of allylic oxidation sites excluding steroid dienone is 1. The van der Waals surface area contributed by atoms with E-state index in [0.29, 0.717) is 12.3 Å². The minimum Gasteiger partial charge on any atom is -0.354 e. The zero-order chi connectivity index (χ0) is 23.2. The third-order valence-electron chi connectivity index (χ3n) is 4.93. The predicted molar refractivity (Wildman–Crippen MR) is 140 cm³/mol. The summed E-state index contributed by atoms with van der Waals surface area (Å²) in [6, 6.07) is 14.7. The Morgan fingerprint density at radius 1 is 1.09 bits per heavy atom. The van der Waals surface area contributed by atoms with Crippen LogP contribution in [0, 0.1) is 17.3 Å². The van der Waals surface area contributed by atoms with Gasteiger partial charge in [-0.3, -0.25) is 9.69 Å². The number of amides is 1. The fraction of sp³-hybridized carbons (Fsp3) is 0.464. The molecule has 0 aliphatic heterocycles. The van der Waals surface area contributed by atoms with Gasteiger partial charge >= 0.3 is 0 Å². The standard InChI is InChI=1S/C28H38N2OS/c1-5-6-11-19-30(20-12-7-10-17-28(2,3)4)21-18-29-27(31)23-32-26-16-15-24-13-8-9-14-25(24)22-26/h7-9,12-16,22H,5-6,11,18-21,23H2,1-4H3,(H,29,31)/b12-7-. The fourth-order valence-corrected chi connectivity index (χ4v) is 3.98. The van der Waals surface area contributed by atoms with Crippen LogP contribution in [0.1, 0.15) is 47.0 Å². The van der Waals surface area contributed by atoms with Crippen LogP contribution in [0.5, 0.6) is 0 Å². The molecular formula is C28H38N2OS. The van der Waals surface area contributed by atoms with Crippen molar-refractivity contribution in [2.45, 2.75) is 51.9 Å². The first kappa shape index (κ1) is 26.0. The Labute approximate surface area is 199 Å².